The number of anilines is 1. The summed E-state index contributed by atoms with van der Waals surface area (Å²) in [5, 5.41) is 0. The third kappa shape index (κ3) is 2.56. The van der Waals surface area contributed by atoms with E-state index in [1.54, 1.807) is 12.1 Å². The molecule has 2 aromatic rings. The lowest BCUT2D eigenvalue weighted by atomic mass is 10.0. The number of rotatable bonds is 2. The molecule has 0 atom stereocenters. The molecule has 2 rings (SSSR count). The lowest BCUT2D eigenvalue weighted by Gasteiger charge is -2.06. The molecule has 0 heterocycles. The predicted molar refractivity (Wildman–Crippen MR) is 68.3 cm³/mol. The van der Waals surface area contributed by atoms with E-state index in [1.807, 2.05) is 0 Å². The van der Waals surface area contributed by atoms with Crippen LogP contribution in [0, 0.1) is 11.6 Å². The first-order valence-corrected chi connectivity index (χ1v) is 5.82. The van der Waals surface area contributed by atoms with Crippen LogP contribution in [-0.2, 0) is 0 Å². The molecule has 0 bridgehead atoms. The van der Waals surface area contributed by atoms with Gasteiger partial charge in [-0.05, 0) is 30.3 Å². The van der Waals surface area contributed by atoms with E-state index in [9.17, 15) is 13.6 Å². The van der Waals surface area contributed by atoms with Crippen molar-refractivity contribution in [2.45, 2.75) is 0 Å². The fourth-order valence-electron chi connectivity index (χ4n) is 1.58. The van der Waals surface area contributed by atoms with Gasteiger partial charge in [0.1, 0.15) is 11.6 Å². The minimum absolute atomic E-state index is 0.0680. The van der Waals surface area contributed by atoms with Gasteiger partial charge < -0.3 is 5.73 Å². The van der Waals surface area contributed by atoms with E-state index in [0.29, 0.717) is 6.07 Å². The van der Waals surface area contributed by atoms with Crippen LogP contribution in [0.1, 0.15) is 15.9 Å². The van der Waals surface area contributed by atoms with Crippen molar-refractivity contribution >= 4 is 27.4 Å². The van der Waals surface area contributed by atoms with Crippen molar-refractivity contribution < 1.29 is 13.6 Å². The minimum Gasteiger partial charge on any atom is -0.398 e. The first-order chi connectivity index (χ1) is 8.47. The molecule has 5 heteroatoms. The topological polar surface area (TPSA) is 43.1 Å². The summed E-state index contributed by atoms with van der Waals surface area (Å²) in [6, 6.07) is 7.37. The van der Waals surface area contributed by atoms with E-state index < -0.39 is 17.4 Å². The Morgan fingerprint density at radius 2 is 1.67 bits per heavy atom. The number of carbonyl (C=O) groups excluding carboxylic acids is 1. The maximum Gasteiger partial charge on any atom is 0.195 e. The van der Waals surface area contributed by atoms with E-state index in [1.165, 1.54) is 6.07 Å². The lowest BCUT2D eigenvalue weighted by Crippen LogP contribution is -2.06. The fraction of sp³-hybridized carbons (Fsp3) is 0. The predicted octanol–water partition coefficient (Wildman–Crippen LogP) is 3.54. The number of ketones is 1. The van der Waals surface area contributed by atoms with Crippen molar-refractivity contribution in [2.24, 2.45) is 0 Å². The first kappa shape index (κ1) is 12.7. The van der Waals surface area contributed by atoms with Gasteiger partial charge >= 0.3 is 0 Å². The van der Waals surface area contributed by atoms with E-state index in [2.05, 4.69) is 15.9 Å². The third-order valence-electron chi connectivity index (χ3n) is 2.38. The average Bonchev–Trinajstić information content (AvgIpc) is 2.26. The van der Waals surface area contributed by atoms with Crippen molar-refractivity contribution in [1.29, 1.82) is 0 Å². The average molecular weight is 312 g/mol. The summed E-state index contributed by atoms with van der Waals surface area (Å²) in [7, 11) is 0. The summed E-state index contributed by atoms with van der Waals surface area (Å²) in [6.07, 6.45) is 0. The molecule has 0 aromatic heterocycles. The summed E-state index contributed by atoms with van der Waals surface area (Å²) in [6.45, 7) is 0. The molecule has 0 spiro atoms. The molecule has 18 heavy (non-hydrogen) atoms. The van der Waals surface area contributed by atoms with Gasteiger partial charge in [-0.15, -0.1) is 0 Å². The van der Waals surface area contributed by atoms with Crippen LogP contribution in [0.4, 0.5) is 14.5 Å². The zero-order valence-corrected chi connectivity index (χ0v) is 10.7. The molecule has 0 aliphatic carbocycles. The zero-order chi connectivity index (χ0) is 13.3. The largest absolute Gasteiger partial charge is 0.398 e. The van der Waals surface area contributed by atoms with Gasteiger partial charge in [0.25, 0.3) is 0 Å². The number of hydrogen-bond donors (Lipinski definition) is 1. The Bertz CT molecular complexity index is 608. The highest BCUT2D eigenvalue weighted by Gasteiger charge is 2.14. The maximum atomic E-state index is 13.0. The summed E-state index contributed by atoms with van der Waals surface area (Å²) in [4.78, 5) is 12.1. The van der Waals surface area contributed by atoms with E-state index >= 15 is 0 Å². The Morgan fingerprint density at radius 1 is 1.06 bits per heavy atom. The second kappa shape index (κ2) is 4.86. The van der Waals surface area contributed by atoms with Gasteiger partial charge in [0.2, 0.25) is 0 Å². The molecule has 0 aliphatic rings. The summed E-state index contributed by atoms with van der Waals surface area (Å²) < 4.78 is 26.8. The Kier molecular flexibility index (Phi) is 3.43. The monoisotopic (exact) mass is 311 g/mol. The zero-order valence-electron chi connectivity index (χ0n) is 9.08. The Balaban J connectivity index is 2.47. The number of nitrogens with two attached hydrogens (primary N) is 1. The maximum absolute atomic E-state index is 13.0. The second-order valence-electron chi connectivity index (χ2n) is 3.72. The summed E-state index contributed by atoms with van der Waals surface area (Å²) in [5.74, 6) is -2.11. The number of hydrogen-bond acceptors (Lipinski definition) is 2. The van der Waals surface area contributed by atoms with Gasteiger partial charge in [0.15, 0.2) is 5.78 Å². The molecule has 0 radical (unpaired) electrons. The number of nitrogen functional groups attached to an aromatic ring is 1. The van der Waals surface area contributed by atoms with Gasteiger partial charge in [-0.1, -0.05) is 15.9 Å². The molecule has 0 amide bonds. The highest BCUT2D eigenvalue weighted by atomic mass is 79.9. The number of carbonyl (C=O) groups is 1. The molecule has 0 aliphatic heterocycles. The molecule has 0 unspecified atom stereocenters. The molecule has 2 aromatic carbocycles. The van der Waals surface area contributed by atoms with E-state index in [4.69, 9.17) is 5.73 Å². The molecule has 2 N–H and O–H groups in total. The Labute approximate surface area is 111 Å². The Morgan fingerprint density at radius 3 is 2.22 bits per heavy atom. The molecule has 0 saturated heterocycles. The highest BCUT2D eigenvalue weighted by molar-refractivity contribution is 9.10. The van der Waals surface area contributed by atoms with Gasteiger partial charge in [-0.25, -0.2) is 8.78 Å². The van der Waals surface area contributed by atoms with Crippen LogP contribution >= 0.6 is 15.9 Å². The first-order valence-electron chi connectivity index (χ1n) is 5.03. The fourth-order valence-corrected chi connectivity index (χ4v) is 1.96. The van der Waals surface area contributed by atoms with Gasteiger partial charge in [-0.2, -0.15) is 0 Å². The molecule has 2 nitrogen and oxygen atoms in total. The van der Waals surface area contributed by atoms with E-state index in [0.717, 1.165) is 16.6 Å². The molecule has 92 valence electrons. The SMILES string of the molecule is Nc1cc(Br)ccc1C(=O)c1cc(F)cc(F)c1. The van der Waals surface area contributed by atoms with Crippen molar-refractivity contribution in [3.63, 3.8) is 0 Å². The van der Waals surface area contributed by atoms with Gasteiger partial charge in [0, 0.05) is 27.4 Å². The van der Waals surface area contributed by atoms with Crippen LogP contribution in [-0.4, -0.2) is 5.78 Å². The van der Waals surface area contributed by atoms with Crippen LogP contribution < -0.4 is 5.73 Å². The molecule has 0 fully saturated rings. The normalized spacial score (nSPS) is 10.4. The lowest BCUT2D eigenvalue weighted by molar-refractivity contribution is 0.103. The van der Waals surface area contributed by atoms with E-state index in [-0.39, 0.29) is 16.8 Å². The third-order valence-corrected chi connectivity index (χ3v) is 2.88. The molecular formula is C13H8BrF2NO. The van der Waals surface area contributed by atoms with Crippen LogP contribution in [0.15, 0.2) is 40.9 Å². The van der Waals surface area contributed by atoms with Crippen LogP contribution in [0.2, 0.25) is 0 Å². The van der Waals surface area contributed by atoms with Gasteiger partial charge in [0.05, 0.1) is 0 Å². The second-order valence-corrected chi connectivity index (χ2v) is 4.63. The summed E-state index contributed by atoms with van der Waals surface area (Å²) in [5.41, 5.74) is 6.09. The van der Waals surface area contributed by atoms with Crippen LogP contribution in [0.5, 0.6) is 0 Å². The highest BCUT2D eigenvalue weighted by Crippen LogP contribution is 2.22. The standard InChI is InChI=1S/C13H8BrF2NO/c14-8-1-2-11(12(17)5-8)13(18)7-3-9(15)6-10(16)4-7/h1-6H,17H2. The van der Waals surface area contributed by atoms with Gasteiger partial charge in [-0.3, -0.25) is 4.79 Å². The summed E-state index contributed by atoms with van der Waals surface area (Å²) >= 11 is 3.21. The van der Waals surface area contributed by atoms with Crippen LogP contribution in [0.25, 0.3) is 0 Å². The van der Waals surface area contributed by atoms with Crippen molar-refractivity contribution in [3.05, 3.63) is 63.6 Å². The Hall–Kier alpha value is -1.75. The molecule has 0 saturated carbocycles. The quantitative estimate of drug-likeness (QED) is 0.681. The van der Waals surface area contributed by atoms with Crippen molar-refractivity contribution in [3.8, 4) is 0 Å². The number of benzene rings is 2. The molecular weight excluding hydrogens is 304 g/mol. The number of halogens is 3. The smallest absolute Gasteiger partial charge is 0.195 e. The van der Waals surface area contributed by atoms with Crippen molar-refractivity contribution in [2.75, 3.05) is 5.73 Å². The van der Waals surface area contributed by atoms with Crippen molar-refractivity contribution in [1.82, 2.24) is 0 Å². The minimum atomic E-state index is -0.797. The van der Waals surface area contributed by atoms with Crippen LogP contribution in [0.3, 0.4) is 0 Å².